The smallest absolute Gasteiger partial charge is 0.314 e. The highest BCUT2D eigenvalue weighted by Crippen LogP contribution is 2.05. The molecule has 0 heterocycles. The van der Waals surface area contributed by atoms with Crippen LogP contribution in [0.25, 0.3) is 0 Å². The number of rotatable bonds is 5. The van der Waals surface area contributed by atoms with Crippen LogP contribution in [0, 0.1) is 0 Å². The van der Waals surface area contributed by atoms with Crippen molar-refractivity contribution in [3.63, 3.8) is 0 Å². The first-order valence-electron chi connectivity index (χ1n) is 3.86. The summed E-state index contributed by atoms with van der Waals surface area (Å²) in [6.45, 7) is 0. The number of esters is 2. The summed E-state index contributed by atoms with van der Waals surface area (Å²) in [5, 5.41) is 25.2. The molecule has 0 spiro atoms. The lowest BCUT2D eigenvalue weighted by Crippen LogP contribution is -2.28. The Balaban J connectivity index is 3.71. The van der Waals surface area contributed by atoms with Crippen LogP contribution >= 0.6 is 12.6 Å². The average Bonchev–Trinajstić information content (AvgIpc) is 2.00. The molecule has 0 aromatic heterocycles. The van der Waals surface area contributed by atoms with Gasteiger partial charge in [-0.25, -0.2) is 0 Å². The maximum atomic E-state index is 10.8. The Morgan fingerprint density at radius 3 is 2.07 bits per heavy atom. The fourth-order valence-electron chi connectivity index (χ4n) is 0.590. The molecular formula is C7H12O6S. The summed E-state index contributed by atoms with van der Waals surface area (Å²) in [4.78, 5) is 21.5. The number of hydrogen-bond donors (Lipinski definition) is 4. The van der Waals surface area contributed by atoms with Gasteiger partial charge in [-0.05, 0) is 0 Å². The van der Waals surface area contributed by atoms with Crippen LogP contribution in [0.15, 0.2) is 0 Å². The zero-order valence-corrected chi connectivity index (χ0v) is 8.24. The van der Waals surface area contributed by atoms with E-state index in [-0.39, 0.29) is 12.2 Å². The van der Waals surface area contributed by atoms with Gasteiger partial charge in [0, 0.05) is 12.2 Å². The Labute approximate surface area is 85.9 Å². The van der Waals surface area contributed by atoms with Crippen molar-refractivity contribution < 1.29 is 29.6 Å². The van der Waals surface area contributed by atoms with E-state index >= 15 is 0 Å². The molecule has 0 saturated heterocycles. The standard InChI is InChI=1S/C7H12O6S/c8-5(1-3-7(10,11)12)13-6(9)2-4-14/h10-12,14H,1-4H2. The van der Waals surface area contributed by atoms with Gasteiger partial charge < -0.3 is 20.1 Å². The third-order valence-electron chi connectivity index (χ3n) is 1.21. The summed E-state index contributed by atoms with van der Waals surface area (Å²) in [5.74, 6) is -4.30. The maximum absolute atomic E-state index is 10.8. The summed E-state index contributed by atoms with van der Waals surface area (Å²) in [7, 11) is 0. The van der Waals surface area contributed by atoms with Crippen molar-refractivity contribution in [1.29, 1.82) is 0 Å². The SMILES string of the molecule is O=C(CCS)OC(=O)CCC(O)(O)O. The van der Waals surface area contributed by atoms with Crippen molar-refractivity contribution >= 4 is 24.6 Å². The van der Waals surface area contributed by atoms with Gasteiger partial charge in [0.1, 0.15) is 0 Å². The fraction of sp³-hybridized carbons (Fsp3) is 0.714. The van der Waals surface area contributed by atoms with Gasteiger partial charge in [-0.15, -0.1) is 0 Å². The van der Waals surface area contributed by atoms with Crippen molar-refractivity contribution in [1.82, 2.24) is 0 Å². The monoisotopic (exact) mass is 224 g/mol. The quantitative estimate of drug-likeness (QED) is 0.202. The highest BCUT2D eigenvalue weighted by Gasteiger charge is 2.21. The first-order valence-corrected chi connectivity index (χ1v) is 4.50. The minimum Gasteiger partial charge on any atom is -0.393 e. The van der Waals surface area contributed by atoms with E-state index in [0.29, 0.717) is 0 Å². The van der Waals surface area contributed by atoms with Crippen LogP contribution in [0.4, 0.5) is 0 Å². The lowest BCUT2D eigenvalue weighted by molar-refractivity contribution is -0.314. The minimum atomic E-state index is -2.91. The molecule has 0 amide bonds. The fourth-order valence-corrected chi connectivity index (χ4v) is 0.773. The first kappa shape index (κ1) is 13.4. The van der Waals surface area contributed by atoms with Crippen molar-refractivity contribution in [2.45, 2.75) is 25.2 Å². The average molecular weight is 224 g/mol. The number of hydrogen-bond acceptors (Lipinski definition) is 7. The van der Waals surface area contributed by atoms with Gasteiger partial charge in [-0.3, -0.25) is 9.59 Å². The summed E-state index contributed by atoms with van der Waals surface area (Å²) in [6, 6.07) is 0. The van der Waals surface area contributed by atoms with E-state index in [1.54, 1.807) is 0 Å². The van der Waals surface area contributed by atoms with Gasteiger partial charge in [0.25, 0.3) is 5.97 Å². The van der Waals surface area contributed by atoms with Crippen LogP contribution in [0.1, 0.15) is 19.3 Å². The van der Waals surface area contributed by atoms with Crippen LogP contribution in [0.2, 0.25) is 0 Å². The lowest BCUT2D eigenvalue weighted by Gasteiger charge is -2.12. The molecule has 0 bridgehead atoms. The van der Waals surface area contributed by atoms with Crippen molar-refractivity contribution in [3.8, 4) is 0 Å². The summed E-state index contributed by atoms with van der Waals surface area (Å²) in [5.41, 5.74) is 0. The zero-order chi connectivity index (χ0) is 11.2. The molecule has 0 aliphatic carbocycles. The molecule has 0 saturated carbocycles. The number of ether oxygens (including phenoxy) is 1. The molecule has 6 nitrogen and oxygen atoms in total. The van der Waals surface area contributed by atoms with Gasteiger partial charge in [-0.2, -0.15) is 12.6 Å². The highest BCUT2D eigenvalue weighted by molar-refractivity contribution is 7.80. The van der Waals surface area contributed by atoms with E-state index in [4.69, 9.17) is 15.3 Å². The van der Waals surface area contributed by atoms with Gasteiger partial charge in [0.05, 0.1) is 12.8 Å². The Kier molecular flexibility index (Phi) is 5.70. The second-order valence-corrected chi connectivity index (χ2v) is 3.04. The van der Waals surface area contributed by atoms with E-state index in [1.807, 2.05) is 0 Å². The molecule has 82 valence electrons. The van der Waals surface area contributed by atoms with E-state index in [9.17, 15) is 9.59 Å². The van der Waals surface area contributed by atoms with Crippen LogP contribution < -0.4 is 0 Å². The van der Waals surface area contributed by atoms with Crippen LogP contribution in [-0.4, -0.2) is 39.0 Å². The Morgan fingerprint density at radius 2 is 1.64 bits per heavy atom. The van der Waals surface area contributed by atoms with Crippen LogP contribution in [0.3, 0.4) is 0 Å². The molecule has 0 aliphatic rings. The second-order valence-electron chi connectivity index (χ2n) is 2.59. The molecule has 0 unspecified atom stereocenters. The molecule has 14 heavy (non-hydrogen) atoms. The normalized spacial score (nSPS) is 11.1. The van der Waals surface area contributed by atoms with Gasteiger partial charge in [0.2, 0.25) is 0 Å². The molecule has 0 fully saturated rings. The Hall–Kier alpha value is -0.630. The molecule has 0 aliphatic heterocycles. The molecule has 0 atom stereocenters. The third kappa shape index (κ3) is 7.99. The molecule has 3 N–H and O–H groups in total. The van der Waals surface area contributed by atoms with Crippen LogP contribution in [-0.2, 0) is 14.3 Å². The summed E-state index contributed by atoms with van der Waals surface area (Å²) < 4.78 is 4.23. The van der Waals surface area contributed by atoms with E-state index in [2.05, 4.69) is 17.4 Å². The Morgan fingerprint density at radius 1 is 1.14 bits per heavy atom. The van der Waals surface area contributed by atoms with Crippen molar-refractivity contribution in [2.75, 3.05) is 5.75 Å². The van der Waals surface area contributed by atoms with E-state index in [1.165, 1.54) is 0 Å². The van der Waals surface area contributed by atoms with E-state index < -0.39 is 30.8 Å². The van der Waals surface area contributed by atoms with Gasteiger partial charge >= 0.3 is 11.9 Å². The number of carbonyl (C=O) groups is 2. The number of carbonyl (C=O) groups excluding carboxylic acids is 2. The van der Waals surface area contributed by atoms with Gasteiger partial charge in [-0.1, -0.05) is 0 Å². The molecular weight excluding hydrogens is 212 g/mol. The highest BCUT2D eigenvalue weighted by atomic mass is 32.1. The Bertz CT molecular complexity index is 209. The van der Waals surface area contributed by atoms with Crippen LogP contribution in [0.5, 0.6) is 0 Å². The zero-order valence-electron chi connectivity index (χ0n) is 7.34. The molecule has 0 aromatic carbocycles. The van der Waals surface area contributed by atoms with Crippen molar-refractivity contribution in [3.05, 3.63) is 0 Å². The number of thiol groups is 1. The largest absolute Gasteiger partial charge is 0.393 e. The summed E-state index contributed by atoms with van der Waals surface area (Å²) >= 11 is 3.75. The predicted molar refractivity (Wildman–Crippen MR) is 48.2 cm³/mol. The molecule has 0 rings (SSSR count). The van der Waals surface area contributed by atoms with Crippen molar-refractivity contribution in [2.24, 2.45) is 0 Å². The third-order valence-corrected chi connectivity index (χ3v) is 1.43. The molecule has 7 heteroatoms. The second kappa shape index (κ2) is 5.97. The summed E-state index contributed by atoms with van der Waals surface area (Å²) in [6.07, 6.45) is -1.07. The van der Waals surface area contributed by atoms with Gasteiger partial charge in [0.15, 0.2) is 0 Å². The molecule has 0 aromatic rings. The lowest BCUT2D eigenvalue weighted by atomic mass is 10.3. The predicted octanol–water partition coefficient (Wildman–Crippen LogP) is -1.21. The van der Waals surface area contributed by atoms with E-state index in [0.717, 1.165) is 0 Å². The number of aliphatic hydroxyl groups is 3. The topological polar surface area (TPSA) is 104 Å². The minimum absolute atomic E-state index is 0.00261. The first-order chi connectivity index (χ1) is 6.35. The molecule has 0 radical (unpaired) electrons. The maximum Gasteiger partial charge on any atom is 0.314 e.